The Morgan fingerprint density at radius 1 is 1.22 bits per heavy atom. The Balaban J connectivity index is 2.35. The van der Waals surface area contributed by atoms with Crippen molar-refractivity contribution in [3.63, 3.8) is 0 Å². The predicted octanol–water partition coefficient (Wildman–Crippen LogP) is 2.48. The normalized spacial score (nSPS) is 45.0. The Morgan fingerprint density at radius 3 is 2.33 bits per heavy atom. The molecule has 3 atom stereocenters. The summed E-state index contributed by atoms with van der Waals surface area (Å²) in [4.78, 5) is 0. The van der Waals surface area contributed by atoms with E-state index in [4.69, 9.17) is 0 Å². The highest BCUT2D eigenvalue weighted by Gasteiger charge is 2.26. The van der Waals surface area contributed by atoms with Gasteiger partial charge in [-0.1, -0.05) is 6.92 Å². The first kappa shape index (κ1) is 6.97. The van der Waals surface area contributed by atoms with Gasteiger partial charge in [-0.2, -0.15) is 0 Å². The Kier molecular flexibility index (Phi) is 2.04. The van der Waals surface area contributed by atoms with Crippen molar-refractivity contribution < 1.29 is 8.78 Å². The molecule has 0 radical (unpaired) electrons. The zero-order valence-corrected chi connectivity index (χ0v) is 5.61. The van der Waals surface area contributed by atoms with Gasteiger partial charge in [-0.15, -0.1) is 0 Å². The highest BCUT2D eigenvalue weighted by molar-refractivity contribution is 4.76. The molecule has 0 saturated heterocycles. The highest BCUT2D eigenvalue weighted by Crippen LogP contribution is 2.28. The van der Waals surface area contributed by atoms with E-state index < -0.39 is 12.3 Å². The number of rotatable bonds is 0. The van der Waals surface area contributed by atoms with Gasteiger partial charge in [0.15, 0.2) is 0 Å². The summed E-state index contributed by atoms with van der Waals surface area (Å²) in [7, 11) is 0. The molecule has 0 N–H and O–H groups in total. The average Bonchev–Trinajstić information content (AvgIpc) is 1.80. The first-order valence-corrected chi connectivity index (χ1v) is 3.48. The first-order valence-electron chi connectivity index (χ1n) is 3.48. The highest BCUT2D eigenvalue weighted by atomic mass is 19.1. The van der Waals surface area contributed by atoms with Gasteiger partial charge < -0.3 is 0 Å². The summed E-state index contributed by atoms with van der Waals surface area (Å²) in [6.07, 6.45) is -0.379. The molecule has 0 aromatic heterocycles. The van der Waals surface area contributed by atoms with E-state index in [9.17, 15) is 8.78 Å². The minimum atomic E-state index is -0.895. The first-order chi connectivity index (χ1) is 4.20. The van der Waals surface area contributed by atoms with Crippen LogP contribution in [-0.2, 0) is 0 Å². The smallest absolute Gasteiger partial charge is 0.105 e. The van der Waals surface area contributed by atoms with E-state index in [1.807, 2.05) is 6.92 Å². The van der Waals surface area contributed by atoms with E-state index in [1.54, 1.807) is 0 Å². The van der Waals surface area contributed by atoms with Crippen molar-refractivity contribution >= 4 is 0 Å². The van der Waals surface area contributed by atoms with Crippen LogP contribution in [0, 0.1) is 5.92 Å². The molecule has 0 heterocycles. The summed E-state index contributed by atoms with van der Waals surface area (Å²) in [6.45, 7) is 1.84. The van der Waals surface area contributed by atoms with Gasteiger partial charge >= 0.3 is 0 Å². The summed E-state index contributed by atoms with van der Waals surface area (Å²) in [6, 6.07) is 0. The van der Waals surface area contributed by atoms with E-state index in [0.29, 0.717) is 12.8 Å². The van der Waals surface area contributed by atoms with E-state index in [2.05, 4.69) is 0 Å². The molecule has 0 bridgehead atoms. The van der Waals surface area contributed by atoms with Crippen LogP contribution in [-0.4, -0.2) is 12.3 Å². The molecule has 1 saturated carbocycles. The maximum atomic E-state index is 12.6. The van der Waals surface area contributed by atoms with Gasteiger partial charge in [0.05, 0.1) is 0 Å². The molecule has 1 fully saturated rings. The molecule has 0 aromatic rings. The standard InChI is InChI=1S/C7H12F2/c1-5-2-3-6(8)4-7(5)9/h5-7H,2-4H2,1H3/t5?,6-,7-/m0/s1. The van der Waals surface area contributed by atoms with Crippen LogP contribution in [0.4, 0.5) is 8.78 Å². The van der Waals surface area contributed by atoms with Crippen molar-refractivity contribution in [3.05, 3.63) is 0 Å². The predicted molar refractivity (Wildman–Crippen MR) is 32.8 cm³/mol. The Bertz CT molecular complexity index is 92.9. The number of hydrogen-bond acceptors (Lipinski definition) is 0. The zero-order valence-electron chi connectivity index (χ0n) is 5.61. The molecule has 1 aliphatic rings. The van der Waals surface area contributed by atoms with E-state index in [-0.39, 0.29) is 12.3 Å². The molecule has 1 aliphatic carbocycles. The van der Waals surface area contributed by atoms with E-state index in [0.717, 1.165) is 0 Å². The molecule has 9 heavy (non-hydrogen) atoms. The molecule has 0 aliphatic heterocycles. The second kappa shape index (κ2) is 2.63. The number of hydrogen-bond donors (Lipinski definition) is 0. The fourth-order valence-corrected chi connectivity index (χ4v) is 1.22. The van der Waals surface area contributed by atoms with Gasteiger partial charge in [-0.05, 0) is 18.8 Å². The second-order valence-corrected chi connectivity index (χ2v) is 2.90. The molecule has 0 nitrogen and oxygen atoms in total. The molecular weight excluding hydrogens is 122 g/mol. The second-order valence-electron chi connectivity index (χ2n) is 2.90. The molecule has 1 unspecified atom stereocenters. The SMILES string of the molecule is CC1CC[C@H](F)C[C@@H]1F. The zero-order chi connectivity index (χ0) is 6.85. The van der Waals surface area contributed by atoms with Crippen molar-refractivity contribution in [3.8, 4) is 0 Å². The molecule has 54 valence electrons. The Morgan fingerprint density at radius 2 is 1.89 bits per heavy atom. The number of halogens is 2. The van der Waals surface area contributed by atoms with Crippen LogP contribution in [0.5, 0.6) is 0 Å². The van der Waals surface area contributed by atoms with Crippen LogP contribution >= 0.6 is 0 Å². The quantitative estimate of drug-likeness (QED) is 0.477. The number of alkyl halides is 2. The van der Waals surface area contributed by atoms with Crippen molar-refractivity contribution in [2.45, 2.75) is 38.5 Å². The van der Waals surface area contributed by atoms with Gasteiger partial charge in [0.2, 0.25) is 0 Å². The van der Waals surface area contributed by atoms with Gasteiger partial charge in [-0.3, -0.25) is 0 Å². The van der Waals surface area contributed by atoms with Gasteiger partial charge in [0.25, 0.3) is 0 Å². The molecule has 0 spiro atoms. The lowest BCUT2D eigenvalue weighted by molar-refractivity contribution is 0.111. The third kappa shape index (κ3) is 1.63. The lowest BCUT2D eigenvalue weighted by Gasteiger charge is -2.24. The minimum Gasteiger partial charge on any atom is -0.247 e. The lowest BCUT2D eigenvalue weighted by atomic mass is 9.88. The van der Waals surface area contributed by atoms with Crippen molar-refractivity contribution in [1.82, 2.24) is 0 Å². The van der Waals surface area contributed by atoms with Crippen LogP contribution in [0.3, 0.4) is 0 Å². The largest absolute Gasteiger partial charge is 0.247 e. The molecule has 2 heteroatoms. The van der Waals surface area contributed by atoms with Crippen LogP contribution in [0.25, 0.3) is 0 Å². The summed E-state index contributed by atoms with van der Waals surface area (Å²) in [5.74, 6) is 0.0806. The summed E-state index contributed by atoms with van der Waals surface area (Å²) < 4.78 is 25.0. The summed E-state index contributed by atoms with van der Waals surface area (Å²) in [5.41, 5.74) is 0. The van der Waals surface area contributed by atoms with Crippen LogP contribution in [0.2, 0.25) is 0 Å². The third-order valence-corrected chi connectivity index (χ3v) is 2.03. The lowest BCUT2D eigenvalue weighted by Crippen LogP contribution is -2.24. The summed E-state index contributed by atoms with van der Waals surface area (Å²) in [5, 5.41) is 0. The molecule has 0 amide bonds. The van der Waals surface area contributed by atoms with Crippen molar-refractivity contribution in [2.24, 2.45) is 5.92 Å². The topological polar surface area (TPSA) is 0 Å². The van der Waals surface area contributed by atoms with Crippen LogP contribution < -0.4 is 0 Å². The maximum Gasteiger partial charge on any atom is 0.105 e. The van der Waals surface area contributed by atoms with Crippen molar-refractivity contribution in [1.29, 1.82) is 0 Å². The fraction of sp³-hybridized carbons (Fsp3) is 1.00. The van der Waals surface area contributed by atoms with Crippen LogP contribution in [0.1, 0.15) is 26.2 Å². The van der Waals surface area contributed by atoms with E-state index in [1.165, 1.54) is 0 Å². The maximum absolute atomic E-state index is 12.6. The summed E-state index contributed by atoms with van der Waals surface area (Å²) >= 11 is 0. The molecular formula is C7H12F2. The van der Waals surface area contributed by atoms with Gasteiger partial charge in [-0.25, -0.2) is 8.78 Å². The molecule has 0 aromatic carbocycles. The Hall–Kier alpha value is -0.140. The van der Waals surface area contributed by atoms with Crippen LogP contribution in [0.15, 0.2) is 0 Å². The monoisotopic (exact) mass is 134 g/mol. The minimum absolute atomic E-state index is 0.0806. The average molecular weight is 134 g/mol. The van der Waals surface area contributed by atoms with Gasteiger partial charge in [0, 0.05) is 6.42 Å². The fourth-order valence-electron chi connectivity index (χ4n) is 1.22. The van der Waals surface area contributed by atoms with E-state index >= 15 is 0 Å². The third-order valence-electron chi connectivity index (χ3n) is 2.03. The Labute approximate surface area is 54.3 Å². The van der Waals surface area contributed by atoms with Crippen molar-refractivity contribution in [2.75, 3.05) is 0 Å². The molecule has 1 rings (SSSR count). The van der Waals surface area contributed by atoms with Gasteiger partial charge in [0.1, 0.15) is 12.3 Å².